The van der Waals surface area contributed by atoms with E-state index < -0.39 is 0 Å². The van der Waals surface area contributed by atoms with E-state index in [0.717, 1.165) is 12.8 Å². The van der Waals surface area contributed by atoms with E-state index in [0.29, 0.717) is 15.7 Å². The lowest BCUT2D eigenvalue weighted by molar-refractivity contribution is 0.0938. The van der Waals surface area contributed by atoms with Gasteiger partial charge in [0, 0.05) is 4.88 Å². The van der Waals surface area contributed by atoms with Crippen molar-refractivity contribution in [3.63, 3.8) is 0 Å². The molecule has 0 radical (unpaired) electrons. The summed E-state index contributed by atoms with van der Waals surface area (Å²) in [6.07, 6.45) is 1.95. The van der Waals surface area contributed by atoms with E-state index in [1.54, 1.807) is 11.3 Å². The first-order valence-electron chi connectivity index (χ1n) is 6.19. The Kier molecular flexibility index (Phi) is 4.55. The van der Waals surface area contributed by atoms with Gasteiger partial charge in [-0.2, -0.15) is 0 Å². The first kappa shape index (κ1) is 14.0. The molecule has 0 saturated carbocycles. The van der Waals surface area contributed by atoms with Crippen LogP contribution in [-0.2, 0) is 0 Å². The number of thiazole rings is 1. The second kappa shape index (κ2) is 6.16. The molecule has 6 heteroatoms. The predicted molar refractivity (Wildman–Crippen MR) is 80.7 cm³/mol. The summed E-state index contributed by atoms with van der Waals surface area (Å²) >= 11 is 2.90. The summed E-state index contributed by atoms with van der Waals surface area (Å²) in [5, 5.41) is 5.54. The van der Waals surface area contributed by atoms with Crippen molar-refractivity contribution < 1.29 is 4.79 Å². The number of hydrogen-bond acceptors (Lipinski definition) is 5. The van der Waals surface area contributed by atoms with Crippen LogP contribution in [0.4, 0.5) is 5.13 Å². The van der Waals surface area contributed by atoms with Gasteiger partial charge in [-0.3, -0.25) is 4.79 Å². The van der Waals surface area contributed by atoms with Crippen molar-refractivity contribution in [1.29, 1.82) is 0 Å². The minimum absolute atomic E-state index is 0.0697. The van der Waals surface area contributed by atoms with Crippen molar-refractivity contribution in [3.8, 4) is 0 Å². The Morgan fingerprint density at radius 1 is 1.58 bits per heavy atom. The van der Waals surface area contributed by atoms with Crippen LogP contribution in [0.1, 0.15) is 46.0 Å². The summed E-state index contributed by atoms with van der Waals surface area (Å²) in [7, 11) is 0. The number of nitrogens with one attached hydrogen (secondary N) is 1. The lowest BCUT2D eigenvalue weighted by Gasteiger charge is -2.16. The highest BCUT2D eigenvalue weighted by molar-refractivity contribution is 7.17. The van der Waals surface area contributed by atoms with Crippen LogP contribution in [0.25, 0.3) is 0 Å². The highest BCUT2D eigenvalue weighted by Gasteiger charge is 2.19. The third-order valence-corrected chi connectivity index (χ3v) is 4.76. The standard InChI is InChI=1S/C13H17N3OS2/c1-3-5-9(10-6-4-7-18-10)16-12(17)11-8(2)15-13(14)19-11/h4,6-7,9H,3,5H2,1-2H3,(H2,14,15)(H,16,17). The van der Waals surface area contributed by atoms with Crippen LogP contribution in [0.3, 0.4) is 0 Å². The molecule has 0 aliphatic rings. The minimum Gasteiger partial charge on any atom is -0.375 e. The maximum atomic E-state index is 12.3. The third kappa shape index (κ3) is 3.33. The molecule has 0 aromatic carbocycles. The number of nitrogen functional groups attached to an aromatic ring is 1. The van der Waals surface area contributed by atoms with Crippen LogP contribution in [-0.4, -0.2) is 10.9 Å². The number of amides is 1. The molecule has 1 unspecified atom stereocenters. The topological polar surface area (TPSA) is 68.0 Å². The number of rotatable bonds is 5. The Balaban J connectivity index is 2.13. The van der Waals surface area contributed by atoms with Gasteiger partial charge in [0.05, 0.1) is 11.7 Å². The molecule has 2 heterocycles. The van der Waals surface area contributed by atoms with Crippen LogP contribution < -0.4 is 11.1 Å². The summed E-state index contributed by atoms with van der Waals surface area (Å²) < 4.78 is 0. The molecule has 1 atom stereocenters. The molecule has 1 amide bonds. The molecular formula is C13H17N3OS2. The first-order chi connectivity index (χ1) is 9.11. The molecule has 0 aliphatic carbocycles. The summed E-state index contributed by atoms with van der Waals surface area (Å²) in [6, 6.07) is 4.13. The smallest absolute Gasteiger partial charge is 0.263 e. The average molecular weight is 295 g/mol. The molecule has 19 heavy (non-hydrogen) atoms. The molecule has 0 spiro atoms. The number of nitrogens with zero attached hydrogens (tertiary/aromatic N) is 1. The van der Waals surface area contributed by atoms with E-state index in [1.807, 2.05) is 18.4 Å². The molecule has 0 bridgehead atoms. The highest BCUT2D eigenvalue weighted by atomic mass is 32.1. The minimum atomic E-state index is -0.0847. The number of hydrogen-bond donors (Lipinski definition) is 2. The fourth-order valence-electron chi connectivity index (χ4n) is 1.92. The van der Waals surface area contributed by atoms with E-state index in [1.165, 1.54) is 16.2 Å². The molecule has 2 aromatic rings. The van der Waals surface area contributed by atoms with Crippen LogP contribution in [0.15, 0.2) is 17.5 Å². The Bertz CT molecular complexity index is 548. The highest BCUT2D eigenvalue weighted by Crippen LogP contribution is 2.25. The predicted octanol–water partition coefficient (Wildman–Crippen LogP) is 3.37. The van der Waals surface area contributed by atoms with E-state index in [4.69, 9.17) is 5.73 Å². The van der Waals surface area contributed by atoms with E-state index in [2.05, 4.69) is 23.3 Å². The molecular weight excluding hydrogens is 278 g/mol. The Labute approximate surface area is 120 Å². The number of anilines is 1. The lowest BCUT2D eigenvalue weighted by Crippen LogP contribution is -2.27. The summed E-state index contributed by atoms with van der Waals surface area (Å²) in [5.41, 5.74) is 6.33. The van der Waals surface area contributed by atoms with Crippen molar-refractivity contribution in [2.75, 3.05) is 5.73 Å². The monoisotopic (exact) mass is 295 g/mol. The largest absolute Gasteiger partial charge is 0.375 e. The van der Waals surface area contributed by atoms with Crippen molar-refractivity contribution in [2.45, 2.75) is 32.7 Å². The Morgan fingerprint density at radius 3 is 2.89 bits per heavy atom. The zero-order valence-corrected chi connectivity index (χ0v) is 12.6. The Morgan fingerprint density at radius 2 is 2.37 bits per heavy atom. The zero-order valence-electron chi connectivity index (χ0n) is 11.0. The maximum Gasteiger partial charge on any atom is 0.263 e. The van der Waals surface area contributed by atoms with Gasteiger partial charge in [-0.1, -0.05) is 30.7 Å². The lowest BCUT2D eigenvalue weighted by atomic mass is 10.1. The fraction of sp³-hybridized carbons (Fsp3) is 0.385. The number of carbonyl (C=O) groups is 1. The number of aromatic nitrogens is 1. The van der Waals surface area contributed by atoms with E-state index in [9.17, 15) is 4.79 Å². The molecule has 0 saturated heterocycles. The molecule has 0 fully saturated rings. The van der Waals surface area contributed by atoms with Crippen molar-refractivity contribution in [1.82, 2.24) is 10.3 Å². The van der Waals surface area contributed by atoms with Gasteiger partial charge >= 0.3 is 0 Å². The molecule has 4 nitrogen and oxygen atoms in total. The SMILES string of the molecule is CCCC(NC(=O)c1sc(N)nc1C)c1cccs1. The summed E-state index contributed by atoms with van der Waals surface area (Å²) in [6.45, 7) is 3.92. The van der Waals surface area contributed by atoms with Crippen LogP contribution >= 0.6 is 22.7 Å². The first-order valence-corrected chi connectivity index (χ1v) is 7.88. The second-order valence-corrected chi connectivity index (χ2v) is 6.31. The van der Waals surface area contributed by atoms with Gasteiger partial charge in [-0.15, -0.1) is 11.3 Å². The number of carbonyl (C=O) groups excluding carboxylic acids is 1. The van der Waals surface area contributed by atoms with E-state index in [-0.39, 0.29) is 11.9 Å². The van der Waals surface area contributed by atoms with Crippen LogP contribution in [0, 0.1) is 6.92 Å². The van der Waals surface area contributed by atoms with Crippen molar-refractivity contribution in [2.24, 2.45) is 0 Å². The quantitative estimate of drug-likeness (QED) is 0.888. The molecule has 102 valence electrons. The number of aryl methyl sites for hydroxylation is 1. The number of thiophene rings is 1. The normalized spacial score (nSPS) is 12.3. The molecule has 2 rings (SSSR count). The fourth-order valence-corrected chi connectivity index (χ4v) is 3.46. The molecule has 3 N–H and O–H groups in total. The molecule has 2 aromatic heterocycles. The maximum absolute atomic E-state index is 12.3. The van der Waals surface area contributed by atoms with Gasteiger partial charge in [0.2, 0.25) is 0 Å². The van der Waals surface area contributed by atoms with Gasteiger partial charge in [-0.25, -0.2) is 4.98 Å². The zero-order chi connectivity index (χ0) is 13.8. The van der Waals surface area contributed by atoms with Crippen molar-refractivity contribution >= 4 is 33.7 Å². The third-order valence-electron chi connectivity index (χ3n) is 2.79. The van der Waals surface area contributed by atoms with Crippen molar-refractivity contribution in [3.05, 3.63) is 33.0 Å². The van der Waals surface area contributed by atoms with Gasteiger partial charge < -0.3 is 11.1 Å². The molecule has 0 aliphatic heterocycles. The second-order valence-electron chi connectivity index (χ2n) is 4.30. The summed E-state index contributed by atoms with van der Waals surface area (Å²) in [4.78, 5) is 18.1. The van der Waals surface area contributed by atoms with Gasteiger partial charge in [0.15, 0.2) is 5.13 Å². The average Bonchev–Trinajstić information content (AvgIpc) is 2.98. The summed E-state index contributed by atoms with van der Waals surface area (Å²) in [5.74, 6) is -0.0847. The van der Waals surface area contributed by atoms with Gasteiger partial charge in [-0.05, 0) is 24.8 Å². The van der Waals surface area contributed by atoms with Crippen LogP contribution in [0.2, 0.25) is 0 Å². The van der Waals surface area contributed by atoms with Crippen LogP contribution in [0.5, 0.6) is 0 Å². The van der Waals surface area contributed by atoms with Gasteiger partial charge in [0.25, 0.3) is 5.91 Å². The number of nitrogens with two attached hydrogens (primary N) is 1. The Hall–Kier alpha value is -1.40. The van der Waals surface area contributed by atoms with Gasteiger partial charge in [0.1, 0.15) is 4.88 Å². The van der Waals surface area contributed by atoms with E-state index >= 15 is 0 Å².